The first kappa shape index (κ1) is 12.4. The fourth-order valence-corrected chi connectivity index (χ4v) is 1.36. The Balaban J connectivity index is 3.23. The molecule has 0 atom stereocenters. The Kier molecular flexibility index (Phi) is 4.25. The summed E-state index contributed by atoms with van der Waals surface area (Å²) in [5.74, 6) is -1.39. The molecule has 4 nitrogen and oxygen atoms in total. The minimum Gasteiger partial charge on any atom is -0.462 e. The van der Waals surface area contributed by atoms with E-state index in [1.165, 1.54) is 0 Å². The Hall–Kier alpha value is -1.62. The second-order valence-electron chi connectivity index (χ2n) is 2.82. The van der Waals surface area contributed by atoms with E-state index in [1.807, 2.05) is 0 Å². The van der Waals surface area contributed by atoms with E-state index in [-0.39, 0.29) is 22.8 Å². The third-order valence-corrected chi connectivity index (χ3v) is 2.18. The molecule has 0 aliphatic heterocycles. The van der Waals surface area contributed by atoms with Gasteiger partial charge in [-0.1, -0.05) is 16.8 Å². The summed E-state index contributed by atoms with van der Waals surface area (Å²) in [6.07, 6.45) is 0.939. The van der Waals surface area contributed by atoms with Crippen molar-refractivity contribution in [3.63, 3.8) is 0 Å². The molecule has 0 saturated heterocycles. The molecule has 16 heavy (non-hydrogen) atoms. The number of carbonyl (C=O) groups is 1. The highest BCUT2D eigenvalue weighted by Crippen LogP contribution is 2.22. The highest BCUT2D eigenvalue weighted by atomic mass is 35.5. The summed E-state index contributed by atoms with van der Waals surface area (Å²) in [6.45, 7) is 1.79. The smallest absolute Gasteiger partial charge is 0.339 e. The van der Waals surface area contributed by atoms with Gasteiger partial charge in [0.1, 0.15) is 5.82 Å². The molecule has 1 rings (SSSR count). The third-order valence-electron chi connectivity index (χ3n) is 1.76. The van der Waals surface area contributed by atoms with Crippen molar-refractivity contribution in [1.82, 2.24) is 0 Å². The van der Waals surface area contributed by atoms with Crippen LogP contribution in [0.15, 0.2) is 17.3 Å². The van der Waals surface area contributed by atoms with Gasteiger partial charge in [-0.15, -0.1) is 0 Å². The van der Waals surface area contributed by atoms with Crippen molar-refractivity contribution in [2.45, 2.75) is 6.92 Å². The van der Waals surface area contributed by atoms with E-state index in [9.17, 15) is 9.18 Å². The number of nitrogens with zero attached hydrogens (tertiary/aromatic N) is 1. The Morgan fingerprint density at radius 3 is 2.94 bits per heavy atom. The van der Waals surface area contributed by atoms with Crippen molar-refractivity contribution < 1.29 is 19.1 Å². The first-order valence-corrected chi connectivity index (χ1v) is 4.81. The lowest BCUT2D eigenvalue weighted by Crippen LogP contribution is -2.07. The van der Waals surface area contributed by atoms with Gasteiger partial charge in [-0.3, -0.25) is 0 Å². The molecule has 1 aromatic rings. The van der Waals surface area contributed by atoms with Crippen LogP contribution in [0, 0.1) is 5.82 Å². The van der Waals surface area contributed by atoms with Gasteiger partial charge in [-0.2, -0.15) is 0 Å². The van der Waals surface area contributed by atoms with Gasteiger partial charge in [0.2, 0.25) is 0 Å². The van der Waals surface area contributed by atoms with Crippen molar-refractivity contribution in [3.05, 3.63) is 34.1 Å². The SMILES string of the molecule is CCOC(=O)c1cc(F)cc(/C=N/O)c1Cl. The first-order chi connectivity index (χ1) is 7.60. The number of rotatable bonds is 3. The molecule has 0 heterocycles. The minimum atomic E-state index is -0.723. The molecule has 0 radical (unpaired) electrons. The lowest BCUT2D eigenvalue weighted by Gasteiger charge is -2.06. The topological polar surface area (TPSA) is 58.9 Å². The van der Waals surface area contributed by atoms with Crippen LogP contribution in [-0.4, -0.2) is 24.0 Å². The monoisotopic (exact) mass is 245 g/mol. The van der Waals surface area contributed by atoms with Crippen molar-refractivity contribution in [2.75, 3.05) is 6.61 Å². The van der Waals surface area contributed by atoms with Crippen LogP contribution in [0.4, 0.5) is 4.39 Å². The number of esters is 1. The zero-order valence-electron chi connectivity index (χ0n) is 8.41. The molecule has 0 saturated carbocycles. The molecular weight excluding hydrogens is 237 g/mol. The molecule has 0 unspecified atom stereocenters. The number of carbonyl (C=O) groups excluding carboxylic acids is 1. The van der Waals surface area contributed by atoms with Crippen molar-refractivity contribution in [2.24, 2.45) is 5.16 Å². The molecule has 86 valence electrons. The molecule has 1 N–H and O–H groups in total. The minimum absolute atomic E-state index is 0.0161. The zero-order chi connectivity index (χ0) is 12.1. The van der Waals surface area contributed by atoms with Gasteiger partial charge in [0, 0.05) is 5.56 Å². The van der Waals surface area contributed by atoms with Gasteiger partial charge in [0.15, 0.2) is 0 Å². The molecule has 0 aliphatic rings. The summed E-state index contributed by atoms with van der Waals surface area (Å²) < 4.78 is 17.8. The quantitative estimate of drug-likeness (QED) is 0.385. The zero-order valence-corrected chi connectivity index (χ0v) is 9.16. The summed E-state index contributed by atoms with van der Waals surface area (Å²) in [5.41, 5.74) is 0.00522. The summed E-state index contributed by atoms with van der Waals surface area (Å²) in [4.78, 5) is 11.4. The van der Waals surface area contributed by atoms with Crippen LogP contribution < -0.4 is 0 Å². The van der Waals surface area contributed by atoms with E-state index in [0.717, 1.165) is 18.3 Å². The summed E-state index contributed by atoms with van der Waals surface area (Å²) in [6, 6.07) is 2.01. The highest BCUT2D eigenvalue weighted by Gasteiger charge is 2.15. The summed E-state index contributed by atoms with van der Waals surface area (Å²) in [7, 11) is 0. The van der Waals surface area contributed by atoms with Crippen LogP contribution >= 0.6 is 11.6 Å². The number of oxime groups is 1. The maximum atomic E-state index is 13.1. The van der Waals surface area contributed by atoms with Gasteiger partial charge in [-0.05, 0) is 19.1 Å². The van der Waals surface area contributed by atoms with Gasteiger partial charge in [0.05, 0.1) is 23.4 Å². The second-order valence-corrected chi connectivity index (χ2v) is 3.20. The second kappa shape index (κ2) is 5.46. The Morgan fingerprint density at radius 2 is 2.38 bits per heavy atom. The van der Waals surface area contributed by atoms with Crippen molar-refractivity contribution in [3.8, 4) is 0 Å². The van der Waals surface area contributed by atoms with Gasteiger partial charge in [0.25, 0.3) is 0 Å². The van der Waals surface area contributed by atoms with Gasteiger partial charge >= 0.3 is 5.97 Å². The number of halogens is 2. The molecule has 0 aliphatic carbocycles. The maximum Gasteiger partial charge on any atom is 0.339 e. The summed E-state index contributed by atoms with van der Waals surface area (Å²) in [5, 5.41) is 11.1. The van der Waals surface area contributed by atoms with E-state index in [0.29, 0.717) is 0 Å². The molecule has 0 amide bonds. The molecule has 6 heteroatoms. The maximum absolute atomic E-state index is 13.1. The Bertz CT molecular complexity index is 434. The van der Waals surface area contributed by atoms with Crippen LogP contribution in [0.3, 0.4) is 0 Å². The van der Waals surface area contributed by atoms with Crippen LogP contribution in [0.5, 0.6) is 0 Å². The lowest BCUT2D eigenvalue weighted by atomic mass is 10.1. The van der Waals surface area contributed by atoms with Crippen LogP contribution in [-0.2, 0) is 4.74 Å². The fraction of sp³-hybridized carbons (Fsp3) is 0.200. The van der Waals surface area contributed by atoms with Crippen molar-refractivity contribution >= 4 is 23.8 Å². The van der Waals surface area contributed by atoms with E-state index in [2.05, 4.69) is 5.16 Å². The van der Waals surface area contributed by atoms with Gasteiger partial charge < -0.3 is 9.94 Å². The van der Waals surface area contributed by atoms with E-state index in [1.54, 1.807) is 6.92 Å². The normalized spacial score (nSPS) is 10.7. The molecular formula is C10H9ClFNO3. The first-order valence-electron chi connectivity index (χ1n) is 4.43. The van der Waals surface area contributed by atoms with Gasteiger partial charge in [-0.25, -0.2) is 9.18 Å². The average Bonchev–Trinajstić information content (AvgIpc) is 2.23. The molecule has 0 aromatic heterocycles. The van der Waals surface area contributed by atoms with Crippen LogP contribution in [0.25, 0.3) is 0 Å². The third kappa shape index (κ3) is 2.70. The highest BCUT2D eigenvalue weighted by molar-refractivity contribution is 6.36. The fourth-order valence-electron chi connectivity index (χ4n) is 1.12. The predicted octanol–water partition coefficient (Wildman–Crippen LogP) is 2.46. The largest absolute Gasteiger partial charge is 0.462 e. The van der Waals surface area contributed by atoms with E-state index < -0.39 is 11.8 Å². The standard InChI is InChI=1S/C10H9ClFNO3/c1-2-16-10(14)8-4-7(12)3-6(5-13-15)9(8)11/h3-5,15H,2H2,1H3/b13-5+. The van der Waals surface area contributed by atoms with E-state index >= 15 is 0 Å². The Morgan fingerprint density at radius 1 is 1.69 bits per heavy atom. The summed E-state index contributed by atoms with van der Waals surface area (Å²) >= 11 is 5.82. The molecule has 0 fully saturated rings. The van der Waals surface area contributed by atoms with E-state index in [4.69, 9.17) is 21.5 Å². The Labute approximate surface area is 96.3 Å². The number of hydrogen-bond acceptors (Lipinski definition) is 4. The number of hydrogen-bond donors (Lipinski definition) is 1. The predicted molar refractivity (Wildman–Crippen MR) is 56.7 cm³/mol. The lowest BCUT2D eigenvalue weighted by molar-refractivity contribution is 0.0526. The number of ether oxygens (including phenoxy) is 1. The molecule has 0 bridgehead atoms. The van der Waals surface area contributed by atoms with Crippen LogP contribution in [0.1, 0.15) is 22.8 Å². The average molecular weight is 246 g/mol. The number of benzene rings is 1. The molecule has 1 aromatic carbocycles. The molecule has 0 spiro atoms. The van der Waals surface area contributed by atoms with Crippen LogP contribution in [0.2, 0.25) is 5.02 Å². The van der Waals surface area contributed by atoms with Crippen molar-refractivity contribution in [1.29, 1.82) is 0 Å².